The van der Waals surface area contributed by atoms with Gasteiger partial charge in [-0.15, -0.1) is 0 Å². The Morgan fingerprint density at radius 2 is 2.10 bits per heavy atom. The second-order valence-corrected chi connectivity index (χ2v) is 5.07. The highest BCUT2D eigenvalue weighted by Crippen LogP contribution is 2.38. The number of halogens is 3. The fraction of sp³-hybridized carbons (Fsp3) is 0.500. The van der Waals surface area contributed by atoms with Gasteiger partial charge in [-0.05, 0) is 30.7 Å². The van der Waals surface area contributed by atoms with E-state index in [0.717, 1.165) is 12.8 Å². The van der Waals surface area contributed by atoms with Crippen molar-refractivity contribution in [2.75, 3.05) is 12.4 Å². The van der Waals surface area contributed by atoms with Crippen LogP contribution in [-0.4, -0.2) is 17.5 Å². The summed E-state index contributed by atoms with van der Waals surface area (Å²) in [6.45, 7) is 2.41. The first-order chi connectivity index (χ1) is 9.99. The van der Waals surface area contributed by atoms with Crippen molar-refractivity contribution >= 4 is 23.6 Å². The Morgan fingerprint density at radius 3 is 2.71 bits per heavy atom. The highest BCUT2D eigenvalue weighted by molar-refractivity contribution is 7.80. The fourth-order valence-corrected chi connectivity index (χ4v) is 2.24. The van der Waals surface area contributed by atoms with E-state index in [1.807, 2.05) is 6.92 Å². The average Bonchev–Trinajstić information content (AvgIpc) is 2.85. The molecule has 2 aromatic rings. The first kappa shape index (κ1) is 16.0. The molecule has 1 heterocycles. The Kier molecular flexibility index (Phi) is 5.03. The van der Waals surface area contributed by atoms with Gasteiger partial charge in [0, 0.05) is 5.56 Å². The van der Waals surface area contributed by atoms with E-state index in [1.54, 1.807) is 6.07 Å². The minimum atomic E-state index is -4.52. The summed E-state index contributed by atoms with van der Waals surface area (Å²) in [6.07, 6.45) is -2.43. The minimum absolute atomic E-state index is 0.0208. The second kappa shape index (κ2) is 6.60. The van der Waals surface area contributed by atoms with Crippen LogP contribution in [0.1, 0.15) is 31.0 Å². The zero-order valence-corrected chi connectivity index (χ0v) is 12.4. The summed E-state index contributed by atoms with van der Waals surface area (Å²) < 4.78 is 49.1. The van der Waals surface area contributed by atoms with Crippen LogP contribution < -0.4 is 4.74 Å². The van der Waals surface area contributed by atoms with Gasteiger partial charge >= 0.3 is 6.18 Å². The second-order valence-electron chi connectivity index (χ2n) is 4.62. The molecule has 0 radical (unpaired) electrons. The molecule has 1 aromatic carbocycles. The summed E-state index contributed by atoms with van der Waals surface area (Å²) in [5.74, 6) is 1.24. The van der Waals surface area contributed by atoms with Crippen LogP contribution in [0.2, 0.25) is 0 Å². The van der Waals surface area contributed by atoms with E-state index in [1.165, 1.54) is 6.07 Å². The Labute approximate surface area is 125 Å². The molecule has 0 bridgehead atoms. The summed E-state index contributed by atoms with van der Waals surface area (Å²) in [4.78, 5) is 0. The summed E-state index contributed by atoms with van der Waals surface area (Å²) in [5, 5.41) is 3.16. The predicted molar refractivity (Wildman–Crippen MR) is 77.0 cm³/mol. The number of benzene rings is 1. The van der Waals surface area contributed by atoms with E-state index in [4.69, 9.17) is 9.26 Å². The van der Waals surface area contributed by atoms with Crippen LogP contribution in [-0.2, 0) is 12.6 Å². The maximum atomic E-state index is 12.9. The van der Waals surface area contributed by atoms with Crippen molar-refractivity contribution in [3.63, 3.8) is 0 Å². The van der Waals surface area contributed by atoms with E-state index < -0.39 is 11.9 Å². The number of aryl methyl sites for hydroxylation is 1. The molecule has 0 saturated carbocycles. The van der Waals surface area contributed by atoms with E-state index in [2.05, 4.69) is 17.8 Å². The molecule has 2 rings (SSSR count). The van der Waals surface area contributed by atoms with Gasteiger partial charge in [0.2, 0.25) is 0 Å². The van der Waals surface area contributed by atoms with Gasteiger partial charge in [0.25, 0.3) is 0 Å². The van der Waals surface area contributed by atoms with E-state index in [9.17, 15) is 13.2 Å². The van der Waals surface area contributed by atoms with Gasteiger partial charge < -0.3 is 9.26 Å². The Balaban J connectivity index is 2.45. The molecular weight excluding hydrogens is 303 g/mol. The number of fused-ring (bicyclic) bond motifs is 1. The van der Waals surface area contributed by atoms with Gasteiger partial charge in [-0.1, -0.05) is 18.5 Å². The molecule has 0 fully saturated rings. The normalized spacial score (nSPS) is 12.0. The minimum Gasteiger partial charge on any atom is -0.493 e. The summed E-state index contributed by atoms with van der Waals surface area (Å²) in [6, 6.07) is 2.90. The molecule has 7 heteroatoms. The number of hydrogen-bond donors (Lipinski definition) is 1. The zero-order valence-electron chi connectivity index (χ0n) is 11.5. The molecule has 0 aliphatic rings. The highest BCUT2D eigenvalue weighted by Gasteiger charge is 2.37. The molecule has 0 atom stereocenters. The van der Waals surface area contributed by atoms with Crippen molar-refractivity contribution in [1.82, 2.24) is 5.16 Å². The topological polar surface area (TPSA) is 35.3 Å². The van der Waals surface area contributed by atoms with Gasteiger partial charge in [0.05, 0.1) is 12.0 Å². The van der Waals surface area contributed by atoms with Crippen molar-refractivity contribution in [3.05, 3.63) is 23.4 Å². The number of nitrogens with zero attached hydrogens (tertiary/aromatic N) is 1. The SMILES string of the molecule is CCCc1c(OCCCS)ccc2c(C(F)(F)F)noc12. The third-order valence-electron chi connectivity index (χ3n) is 3.03. The molecule has 0 amide bonds. The molecule has 0 unspecified atom stereocenters. The van der Waals surface area contributed by atoms with Crippen molar-refractivity contribution in [2.24, 2.45) is 0 Å². The van der Waals surface area contributed by atoms with Gasteiger partial charge in [0.1, 0.15) is 5.75 Å². The monoisotopic (exact) mass is 319 g/mol. The van der Waals surface area contributed by atoms with Gasteiger partial charge in [-0.25, -0.2) is 0 Å². The number of thiol groups is 1. The lowest BCUT2D eigenvalue weighted by molar-refractivity contribution is -0.141. The quantitative estimate of drug-likeness (QED) is 0.629. The summed E-state index contributed by atoms with van der Waals surface area (Å²) in [5.41, 5.74) is -0.193. The van der Waals surface area contributed by atoms with Crippen molar-refractivity contribution in [1.29, 1.82) is 0 Å². The number of ether oxygens (including phenoxy) is 1. The van der Waals surface area contributed by atoms with E-state index in [0.29, 0.717) is 30.1 Å². The molecule has 0 N–H and O–H groups in total. The number of alkyl halides is 3. The molecule has 1 aromatic heterocycles. The lowest BCUT2D eigenvalue weighted by atomic mass is 10.0. The summed E-state index contributed by atoms with van der Waals surface area (Å²) >= 11 is 4.09. The van der Waals surface area contributed by atoms with Crippen LogP contribution in [0.5, 0.6) is 5.75 Å². The van der Waals surface area contributed by atoms with Crippen molar-refractivity contribution in [3.8, 4) is 5.75 Å². The van der Waals surface area contributed by atoms with Gasteiger partial charge in [-0.3, -0.25) is 0 Å². The van der Waals surface area contributed by atoms with Crippen LogP contribution in [0.15, 0.2) is 16.7 Å². The Hall–Kier alpha value is -1.37. The van der Waals surface area contributed by atoms with E-state index >= 15 is 0 Å². The predicted octanol–water partition coefficient (Wildman–Crippen LogP) is 4.50. The molecular formula is C14H16F3NO2S. The van der Waals surface area contributed by atoms with E-state index in [-0.39, 0.29) is 11.0 Å². The van der Waals surface area contributed by atoms with Gasteiger partial charge in [0.15, 0.2) is 11.3 Å². The maximum absolute atomic E-state index is 12.9. The lowest BCUT2D eigenvalue weighted by Crippen LogP contribution is -2.06. The van der Waals surface area contributed by atoms with Crippen LogP contribution in [0.3, 0.4) is 0 Å². The molecule has 3 nitrogen and oxygen atoms in total. The molecule has 21 heavy (non-hydrogen) atoms. The smallest absolute Gasteiger partial charge is 0.437 e. The lowest BCUT2D eigenvalue weighted by Gasteiger charge is -2.11. The Bertz CT molecular complexity index is 610. The largest absolute Gasteiger partial charge is 0.493 e. The zero-order chi connectivity index (χ0) is 15.5. The first-order valence-electron chi connectivity index (χ1n) is 6.71. The maximum Gasteiger partial charge on any atom is 0.437 e. The van der Waals surface area contributed by atoms with Crippen LogP contribution in [0, 0.1) is 0 Å². The fourth-order valence-electron chi connectivity index (χ4n) is 2.11. The molecule has 116 valence electrons. The van der Waals surface area contributed by atoms with Crippen LogP contribution in [0.4, 0.5) is 13.2 Å². The highest BCUT2D eigenvalue weighted by atomic mass is 32.1. The van der Waals surface area contributed by atoms with Crippen molar-refractivity contribution in [2.45, 2.75) is 32.4 Å². The molecule has 0 aliphatic carbocycles. The summed E-state index contributed by atoms with van der Waals surface area (Å²) in [7, 11) is 0. The first-order valence-corrected chi connectivity index (χ1v) is 7.34. The number of aromatic nitrogens is 1. The standard InChI is InChI=1S/C14H16F3NO2S/c1-2-4-9-11(19-7-3-8-21)6-5-10-12(9)20-18-13(10)14(15,16)17/h5-6,21H,2-4,7-8H2,1H3. The van der Waals surface area contributed by atoms with Gasteiger partial charge in [-0.2, -0.15) is 25.8 Å². The molecule has 0 aliphatic heterocycles. The average molecular weight is 319 g/mol. The Morgan fingerprint density at radius 1 is 1.33 bits per heavy atom. The third-order valence-corrected chi connectivity index (χ3v) is 3.35. The van der Waals surface area contributed by atoms with Crippen molar-refractivity contribution < 1.29 is 22.4 Å². The molecule has 0 spiro atoms. The van der Waals surface area contributed by atoms with Crippen LogP contribution >= 0.6 is 12.6 Å². The third kappa shape index (κ3) is 3.45. The molecule has 0 saturated heterocycles. The number of hydrogen-bond acceptors (Lipinski definition) is 4. The van der Waals surface area contributed by atoms with Crippen LogP contribution in [0.25, 0.3) is 11.0 Å². The number of rotatable bonds is 6.